The number of halogens is 2. The van der Waals surface area contributed by atoms with E-state index >= 15 is 0 Å². The first kappa shape index (κ1) is 19.2. The number of rotatable bonds is 6. The molecule has 0 spiro atoms. The molecule has 2 heterocycles. The topological polar surface area (TPSA) is 76.7 Å². The van der Waals surface area contributed by atoms with Crippen molar-refractivity contribution in [2.45, 2.75) is 17.0 Å². The minimum atomic E-state index is 0.461. The van der Waals surface area contributed by atoms with Gasteiger partial charge in [-0.15, -0.1) is 20.4 Å². The first-order valence-corrected chi connectivity index (χ1v) is 10.7. The van der Waals surface area contributed by atoms with Crippen molar-refractivity contribution in [3.05, 3.63) is 64.0 Å². The molecule has 2 aromatic heterocycles. The third-order valence-corrected chi connectivity index (χ3v) is 6.32. The van der Waals surface area contributed by atoms with E-state index in [1.54, 1.807) is 12.1 Å². The van der Waals surface area contributed by atoms with Crippen molar-refractivity contribution in [2.75, 3.05) is 5.32 Å². The molecule has 142 valence electrons. The van der Waals surface area contributed by atoms with Crippen LogP contribution in [0.25, 0.3) is 11.5 Å². The Kier molecular flexibility index (Phi) is 5.82. The fourth-order valence-electron chi connectivity index (χ4n) is 2.26. The molecule has 0 saturated carbocycles. The quantitative estimate of drug-likeness (QED) is 0.349. The van der Waals surface area contributed by atoms with Crippen LogP contribution >= 0.6 is 46.3 Å². The summed E-state index contributed by atoms with van der Waals surface area (Å²) >= 11 is 15.0. The smallest absolute Gasteiger partial charge is 0.247 e. The normalized spacial score (nSPS) is 11.0. The second-order valence-electron chi connectivity index (χ2n) is 5.76. The van der Waals surface area contributed by atoms with E-state index in [1.807, 2.05) is 37.3 Å². The Morgan fingerprint density at radius 3 is 2.64 bits per heavy atom. The fourth-order valence-corrected chi connectivity index (χ4v) is 4.17. The van der Waals surface area contributed by atoms with Gasteiger partial charge < -0.3 is 9.73 Å². The van der Waals surface area contributed by atoms with Gasteiger partial charge in [-0.1, -0.05) is 52.4 Å². The highest BCUT2D eigenvalue weighted by molar-refractivity contribution is 8.00. The van der Waals surface area contributed by atoms with Crippen molar-refractivity contribution in [3.8, 4) is 11.5 Å². The Morgan fingerprint density at radius 1 is 1.04 bits per heavy atom. The number of thioether (sulfide) groups is 1. The predicted octanol–water partition coefficient (Wildman–Crippen LogP) is 6.24. The molecule has 0 aliphatic carbocycles. The van der Waals surface area contributed by atoms with Gasteiger partial charge in [0.15, 0.2) is 4.34 Å². The van der Waals surface area contributed by atoms with Gasteiger partial charge in [0.05, 0.1) is 5.75 Å². The van der Waals surface area contributed by atoms with Crippen LogP contribution in [-0.2, 0) is 5.75 Å². The summed E-state index contributed by atoms with van der Waals surface area (Å²) in [4.78, 5) is 0. The minimum Gasteiger partial charge on any atom is -0.420 e. The van der Waals surface area contributed by atoms with Gasteiger partial charge in [0.25, 0.3) is 0 Å². The molecule has 4 aromatic rings. The summed E-state index contributed by atoms with van der Waals surface area (Å²) in [5.74, 6) is 1.49. The van der Waals surface area contributed by atoms with E-state index in [1.165, 1.54) is 23.1 Å². The molecule has 0 amide bonds. The fraction of sp³-hybridized carbons (Fsp3) is 0.111. The maximum atomic E-state index is 6.15. The van der Waals surface area contributed by atoms with Gasteiger partial charge in [-0.05, 0) is 48.9 Å². The molecule has 10 heteroatoms. The second-order valence-corrected chi connectivity index (χ2v) is 8.80. The van der Waals surface area contributed by atoms with Gasteiger partial charge in [-0.2, -0.15) is 0 Å². The molecule has 0 atom stereocenters. The molecule has 0 fully saturated rings. The van der Waals surface area contributed by atoms with E-state index < -0.39 is 0 Å². The van der Waals surface area contributed by atoms with Crippen molar-refractivity contribution in [1.29, 1.82) is 0 Å². The molecule has 1 N–H and O–H groups in total. The van der Waals surface area contributed by atoms with Crippen LogP contribution in [0.15, 0.2) is 51.2 Å². The number of nitrogens with one attached hydrogen (secondary N) is 1. The van der Waals surface area contributed by atoms with Gasteiger partial charge in [-0.25, -0.2) is 0 Å². The molecular formula is C18H13Cl2N5OS2. The standard InChI is InChI=1S/C18H13Cl2N5OS2/c1-10-2-7-13(8-14(10)20)21-17-24-25-18(28-17)27-9-15-22-23-16(26-15)11-3-5-12(19)6-4-11/h2-8H,9H2,1H3,(H,21,24). The Morgan fingerprint density at radius 2 is 1.86 bits per heavy atom. The van der Waals surface area contributed by atoms with Crippen LogP contribution in [0.4, 0.5) is 10.8 Å². The third-order valence-electron chi connectivity index (χ3n) is 3.71. The van der Waals surface area contributed by atoms with E-state index in [-0.39, 0.29) is 0 Å². The zero-order valence-electron chi connectivity index (χ0n) is 14.5. The summed E-state index contributed by atoms with van der Waals surface area (Å²) in [6.45, 7) is 1.96. The molecule has 0 bridgehead atoms. The number of benzene rings is 2. The molecule has 2 aromatic carbocycles. The third kappa shape index (κ3) is 4.64. The maximum absolute atomic E-state index is 6.15. The van der Waals surface area contributed by atoms with Crippen LogP contribution in [0.5, 0.6) is 0 Å². The number of nitrogens with zero attached hydrogens (tertiary/aromatic N) is 4. The molecule has 0 saturated heterocycles. The number of aromatic nitrogens is 4. The Bertz CT molecular complexity index is 1100. The lowest BCUT2D eigenvalue weighted by Gasteiger charge is -2.03. The van der Waals surface area contributed by atoms with Crippen LogP contribution in [0, 0.1) is 6.92 Å². The van der Waals surface area contributed by atoms with E-state index in [4.69, 9.17) is 27.6 Å². The van der Waals surface area contributed by atoms with Gasteiger partial charge in [0.1, 0.15) is 0 Å². The highest BCUT2D eigenvalue weighted by Crippen LogP contribution is 2.31. The SMILES string of the molecule is Cc1ccc(Nc2nnc(SCc3nnc(-c4ccc(Cl)cc4)o3)s2)cc1Cl. The Labute approximate surface area is 179 Å². The lowest BCUT2D eigenvalue weighted by molar-refractivity contribution is 0.528. The monoisotopic (exact) mass is 449 g/mol. The van der Waals surface area contributed by atoms with Gasteiger partial charge >= 0.3 is 0 Å². The van der Waals surface area contributed by atoms with E-state index in [9.17, 15) is 0 Å². The lowest BCUT2D eigenvalue weighted by Crippen LogP contribution is -1.89. The lowest BCUT2D eigenvalue weighted by atomic mass is 10.2. The predicted molar refractivity (Wildman–Crippen MR) is 114 cm³/mol. The Hall–Kier alpha value is -2.13. The van der Waals surface area contributed by atoms with Crippen LogP contribution in [0.2, 0.25) is 10.0 Å². The summed E-state index contributed by atoms with van der Waals surface area (Å²) in [7, 11) is 0. The average Bonchev–Trinajstić information content (AvgIpc) is 3.33. The molecule has 0 aliphatic heterocycles. The van der Waals surface area contributed by atoms with E-state index in [0.29, 0.717) is 32.7 Å². The van der Waals surface area contributed by atoms with Gasteiger partial charge in [0.2, 0.25) is 16.9 Å². The summed E-state index contributed by atoms with van der Waals surface area (Å²) in [5, 5.41) is 21.7. The van der Waals surface area contributed by atoms with Crippen molar-refractivity contribution in [3.63, 3.8) is 0 Å². The summed E-state index contributed by atoms with van der Waals surface area (Å²) < 4.78 is 6.50. The summed E-state index contributed by atoms with van der Waals surface area (Å²) in [5.41, 5.74) is 2.72. The molecule has 0 radical (unpaired) electrons. The largest absolute Gasteiger partial charge is 0.420 e. The Balaban J connectivity index is 1.37. The molecule has 6 nitrogen and oxygen atoms in total. The van der Waals surface area contributed by atoms with Crippen LogP contribution in [0.3, 0.4) is 0 Å². The first-order chi connectivity index (χ1) is 13.6. The van der Waals surface area contributed by atoms with Crippen LogP contribution < -0.4 is 5.32 Å². The molecular weight excluding hydrogens is 437 g/mol. The van der Waals surface area contributed by atoms with Crippen LogP contribution in [0.1, 0.15) is 11.5 Å². The minimum absolute atomic E-state index is 0.461. The second kappa shape index (κ2) is 8.48. The van der Waals surface area contributed by atoms with Crippen molar-refractivity contribution in [2.24, 2.45) is 0 Å². The molecule has 0 aliphatic rings. The number of hydrogen-bond acceptors (Lipinski definition) is 8. The van der Waals surface area contributed by atoms with Crippen molar-refractivity contribution in [1.82, 2.24) is 20.4 Å². The number of hydrogen-bond donors (Lipinski definition) is 1. The summed E-state index contributed by atoms with van der Waals surface area (Å²) in [6, 6.07) is 13.0. The van der Waals surface area contributed by atoms with E-state index in [2.05, 4.69) is 25.7 Å². The number of aryl methyl sites for hydroxylation is 1. The first-order valence-electron chi connectivity index (χ1n) is 8.14. The molecule has 0 unspecified atom stereocenters. The number of anilines is 2. The van der Waals surface area contributed by atoms with Gasteiger partial charge in [0, 0.05) is 21.3 Å². The van der Waals surface area contributed by atoms with Crippen LogP contribution in [-0.4, -0.2) is 20.4 Å². The molecule has 4 rings (SSSR count). The zero-order chi connectivity index (χ0) is 19.5. The molecule has 28 heavy (non-hydrogen) atoms. The van der Waals surface area contributed by atoms with Crippen molar-refractivity contribution < 1.29 is 4.42 Å². The average molecular weight is 450 g/mol. The van der Waals surface area contributed by atoms with Gasteiger partial charge in [-0.3, -0.25) is 0 Å². The highest BCUT2D eigenvalue weighted by atomic mass is 35.5. The van der Waals surface area contributed by atoms with E-state index in [0.717, 1.165) is 21.2 Å². The highest BCUT2D eigenvalue weighted by Gasteiger charge is 2.11. The summed E-state index contributed by atoms with van der Waals surface area (Å²) in [6.07, 6.45) is 0. The zero-order valence-corrected chi connectivity index (χ0v) is 17.7. The maximum Gasteiger partial charge on any atom is 0.247 e. The van der Waals surface area contributed by atoms with Crippen molar-refractivity contribution >= 4 is 57.1 Å².